The molecule has 0 radical (unpaired) electrons. The predicted octanol–water partition coefficient (Wildman–Crippen LogP) is 3.08. The van der Waals surface area contributed by atoms with Gasteiger partial charge < -0.3 is 0 Å². The zero-order valence-electron chi connectivity index (χ0n) is 3.72. The minimum absolute atomic E-state index is 1.94. The summed E-state index contributed by atoms with van der Waals surface area (Å²) in [6.45, 7) is 0. The molecule has 0 N–H and O–H groups in total. The molecule has 0 unspecified atom stereocenters. The van der Waals surface area contributed by atoms with Crippen molar-refractivity contribution in [2.45, 2.75) is 11.8 Å². The molecule has 0 aromatic carbocycles. The molecule has 9 heavy (non-hydrogen) atoms. The van der Waals surface area contributed by atoms with Crippen LogP contribution in [0.25, 0.3) is 0 Å². The highest BCUT2D eigenvalue weighted by molar-refractivity contribution is 9.09. The summed E-state index contributed by atoms with van der Waals surface area (Å²) in [6.07, 6.45) is -5.50. The Bertz CT molecular complexity index is 47.8. The SMILES string of the molecule is FC(F)(F)F.FC(F)Br. The van der Waals surface area contributed by atoms with Crippen molar-refractivity contribution in [3.63, 3.8) is 0 Å². The molecule has 0 spiro atoms. The van der Waals surface area contributed by atoms with Gasteiger partial charge in [0.2, 0.25) is 0 Å². The Labute approximate surface area is 55.0 Å². The smallest absolute Gasteiger partial charge is 0.197 e. The summed E-state index contributed by atoms with van der Waals surface area (Å²) in [5, 5.41) is -2.35. The van der Waals surface area contributed by atoms with Gasteiger partial charge in [-0.15, -0.1) is 17.6 Å². The lowest BCUT2D eigenvalue weighted by Gasteiger charge is -1.82. The molecule has 0 nitrogen and oxygen atoms in total. The number of rotatable bonds is 0. The Morgan fingerprint density at radius 2 is 1.00 bits per heavy atom. The molecule has 0 bridgehead atoms. The van der Waals surface area contributed by atoms with E-state index in [2.05, 4.69) is 0 Å². The van der Waals surface area contributed by atoms with Gasteiger partial charge in [-0.3, -0.25) is 0 Å². The van der Waals surface area contributed by atoms with Gasteiger partial charge in [0, 0.05) is 0 Å². The van der Waals surface area contributed by atoms with Gasteiger partial charge in [0.1, 0.15) is 0 Å². The van der Waals surface area contributed by atoms with Crippen molar-refractivity contribution in [3.8, 4) is 0 Å². The first-order chi connectivity index (χ1) is 3.73. The summed E-state index contributed by atoms with van der Waals surface area (Å²) in [5.74, 6) is 0. The van der Waals surface area contributed by atoms with Crippen LogP contribution in [-0.2, 0) is 0 Å². The van der Waals surface area contributed by atoms with Crippen molar-refractivity contribution in [1.82, 2.24) is 0 Å². The molecule has 58 valence electrons. The fourth-order valence-electron chi connectivity index (χ4n) is 0. The highest BCUT2D eigenvalue weighted by Gasteiger charge is 2.24. The molecular weight excluding hydrogens is 218 g/mol. The lowest BCUT2D eigenvalue weighted by Crippen LogP contribution is -1.92. The maximum atomic E-state index is 10.2. The molecule has 0 amide bonds. The summed E-state index contributed by atoms with van der Waals surface area (Å²) >= 11 is 1.94. The topological polar surface area (TPSA) is 0 Å². The molecule has 0 aliphatic carbocycles. The van der Waals surface area contributed by atoms with Crippen LogP contribution in [0.2, 0.25) is 0 Å². The quantitative estimate of drug-likeness (QED) is 0.433. The zero-order valence-corrected chi connectivity index (χ0v) is 5.31. The molecule has 0 aromatic rings. The van der Waals surface area contributed by atoms with Crippen LogP contribution in [0, 0.1) is 0 Å². The van der Waals surface area contributed by atoms with Gasteiger partial charge in [-0.2, -0.15) is 8.78 Å². The maximum Gasteiger partial charge on any atom is 0.559 e. The summed E-state index contributed by atoms with van der Waals surface area (Å²) in [5.41, 5.74) is 0. The maximum absolute atomic E-state index is 10.2. The molecule has 0 aliphatic heterocycles. The zero-order chi connectivity index (χ0) is 8.08. The normalized spacial score (nSPS) is 10.7. The van der Waals surface area contributed by atoms with E-state index < -0.39 is 11.8 Å². The van der Waals surface area contributed by atoms with E-state index in [-0.39, 0.29) is 0 Å². The van der Waals surface area contributed by atoms with E-state index in [4.69, 9.17) is 0 Å². The number of hydrogen-bond acceptors (Lipinski definition) is 0. The van der Waals surface area contributed by atoms with Crippen molar-refractivity contribution in [3.05, 3.63) is 0 Å². The molecule has 0 rings (SSSR count). The van der Waals surface area contributed by atoms with Crippen LogP contribution >= 0.6 is 15.9 Å². The average Bonchev–Trinajstić information content (AvgIpc) is 1.19. The van der Waals surface area contributed by atoms with E-state index in [0.717, 1.165) is 0 Å². The Morgan fingerprint density at radius 1 is 1.00 bits per heavy atom. The van der Waals surface area contributed by atoms with Crippen molar-refractivity contribution in [2.24, 2.45) is 0 Å². The second-order valence-electron chi connectivity index (χ2n) is 0.676. The molecule has 0 aliphatic rings. The van der Waals surface area contributed by atoms with Crippen LogP contribution in [0.3, 0.4) is 0 Å². The van der Waals surface area contributed by atoms with Crippen LogP contribution in [0.1, 0.15) is 0 Å². The minimum atomic E-state index is -5.50. The van der Waals surface area contributed by atoms with Gasteiger partial charge >= 0.3 is 6.43 Å². The van der Waals surface area contributed by atoms with Crippen molar-refractivity contribution < 1.29 is 26.3 Å². The Balaban J connectivity index is 0. The average molecular weight is 219 g/mol. The standard InChI is InChI=1S/CHBrF2.CF4/c2-1(3)4;2-1(3,4)5/h1H;. The summed E-state index contributed by atoms with van der Waals surface area (Å²) in [6, 6.07) is 0. The Hall–Kier alpha value is 0.0600. The lowest BCUT2D eigenvalue weighted by atomic mass is 11.5. The fraction of sp³-hybridized carbons (Fsp3) is 1.00. The van der Waals surface area contributed by atoms with Crippen LogP contribution in [0.15, 0.2) is 0 Å². The highest BCUT2D eigenvalue weighted by atomic mass is 79.9. The van der Waals surface area contributed by atoms with E-state index in [1.54, 1.807) is 0 Å². The Morgan fingerprint density at radius 3 is 1.00 bits per heavy atom. The third-order valence-electron chi connectivity index (χ3n) is 0. The van der Waals surface area contributed by atoms with Gasteiger partial charge in [0.25, 0.3) is 5.33 Å². The van der Waals surface area contributed by atoms with Crippen LogP contribution in [-0.4, -0.2) is 11.8 Å². The molecule has 0 aromatic heterocycles. The Kier molecular flexibility index (Phi) is 6.42. The van der Waals surface area contributed by atoms with E-state index in [1.165, 1.54) is 0 Å². The number of halogens is 7. The second-order valence-corrected chi connectivity index (χ2v) is 1.37. The minimum Gasteiger partial charge on any atom is -0.197 e. The predicted molar refractivity (Wildman–Crippen MR) is 22.1 cm³/mol. The van der Waals surface area contributed by atoms with E-state index in [0.29, 0.717) is 0 Å². The van der Waals surface area contributed by atoms with Crippen LogP contribution in [0.5, 0.6) is 0 Å². The van der Waals surface area contributed by atoms with Crippen molar-refractivity contribution >= 4 is 15.9 Å². The van der Waals surface area contributed by atoms with Gasteiger partial charge in [0.15, 0.2) is 0 Å². The molecule has 0 fully saturated rings. The fourth-order valence-corrected chi connectivity index (χ4v) is 0. The van der Waals surface area contributed by atoms with E-state index >= 15 is 0 Å². The first-order valence-corrected chi connectivity index (χ1v) is 2.33. The van der Waals surface area contributed by atoms with Gasteiger partial charge in [-0.25, -0.2) is 0 Å². The third kappa shape index (κ3) is 82200. The number of alkyl halides is 7. The van der Waals surface area contributed by atoms with Crippen LogP contribution < -0.4 is 0 Å². The van der Waals surface area contributed by atoms with Gasteiger partial charge in [-0.1, -0.05) is 0 Å². The monoisotopic (exact) mass is 218 g/mol. The first-order valence-electron chi connectivity index (χ1n) is 1.41. The van der Waals surface area contributed by atoms with E-state index in [1.807, 2.05) is 15.9 Å². The van der Waals surface area contributed by atoms with E-state index in [9.17, 15) is 26.3 Å². The lowest BCUT2D eigenvalue weighted by molar-refractivity contribution is -0.237. The summed E-state index contributed by atoms with van der Waals surface area (Å²) in [7, 11) is 0. The van der Waals surface area contributed by atoms with Gasteiger partial charge in [0.05, 0.1) is 0 Å². The molecule has 0 saturated heterocycles. The third-order valence-corrected chi connectivity index (χ3v) is 0. The second kappa shape index (κ2) is 4.89. The molecule has 0 atom stereocenters. The summed E-state index contributed by atoms with van der Waals surface area (Å²) in [4.78, 5) is 0. The molecule has 0 saturated carbocycles. The highest BCUT2D eigenvalue weighted by Crippen LogP contribution is 2.13. The molecule has 7 heteroatoms. The number of hydrogen-bond donors (Lipinski definition) is 0. The molecular formula is C2HBrF6. The largest absolute Gasteiger partial charge is 0.559 e. The van der Waals surface area contributed by atoms with Crippen molar-refractivity contribution in [1.29, 1.82) is 0 Å². The summed E-state index contributed by atoms with van der Waals surface area (Å²) < 4.78 is 59.2. The first kappa shape index (κ1) is 11.8. The van der Waals surface area contributed by atoms with Gasteiger partial charge in [-0.05, 0) is 15.9 Å². The molecule has 0 heterocycles. The van der Waals surface area contributed by atoms with Crippen LogP contribution in [0.4, 0.5) is 26.3 Å². The van der Waals surface area contributed by atoms with Crippen molar-refractivity contribution in [2.75, 3.05) is 0 Å².